The van der Waals surface area contributed by atoms with Crippen LogP contribution in [0.2, 0.25) is 0 Å². The van der Waals surface area contributed by atoms with Crippen molar-refractivity contribution < 1.29 is 19.2 Å². The zero-order valence-electron chi connectivity index (χ0n) is 23.4. The Kier molecular flexibility index (Phi) is 13.0. The molecule has 4 amide bonds. The summed E-state index contributed by atoms with van der Waals surface area (Å²) in [6.45, 7) is 14.1. The Morgan fingerprint density at radius 2 is 1.00 bits per heavy atom. The van der Waals surface area contributed by atoms with E-state index in [4.69, 9.17) is 24.4 Å². The lowest BCUT2D eigenvalue weighted by molar-refractivity contribution is -0.120. The third kappa shape index (κ3) is 8.53. The van der Waals surface area contributed by atoms with Crippen molar-refractivity contribution in [3.05, 3.63) is 0 Å². The van der Waals surface area contributed by atoms with Gasteiger partial charge in [0.1, 0.15) is 21.5 Å². The number of rotatable bonds is 16. The Balaban J connectivity index is 0.00000722. The normalized spacial score (nSPS) is 16.6. The van der Waals surface area contributed by atoms with E-state index in [1.54, 1.807) is 19.6 Å². The number of hydrogen-bond acceptors (Lipinski definition) is 6. The number of urea groups is 2. The van der Waals surface area contributed by atoms with Crippen LogP contribution in [0.1, 0.15) is 107 Å². The number of Topliss-reactive ketones (excluding diaryl/α,β-unsaturated/α-hetero) is 2. The fraction of sp³-hybridized carbons (Fsp3) is 0.786. The third-order valence-electron chi connectivity index (χ3n) is 7.45. The first-order valence-corrected chi connectivity index (χ1v) is 14.3. The average molecular weight is 569 g/mol. The van der Waals surface area contributed by atoms with Crippen LogP contribution in [0.4, 0.5) is 9.59 Å². The van der Waals surface area contributed by atoms with Gasteiger partial charge in [-0.3, -0.25) is 19.4 Å². The number of hydrogen-bond donors (Lipinski definition) is 0. The zero-order valence-corrected chi connectivity index (χ0v) is 25.1. The summed E-state index contributed by atoms with van der Waals surface area (Å²) in [4.78, 5) is 58.1. The van der Waals surface area contributed by atoms with Gasteiger partial charge < -0.3 is 9.80 Å². The maximum absolute atomic E-state index is 12.6. The monoisotopic (exact) mass is 568 g/mol. The zero-order chi connectivity index (χ0) is 28.0. The van der Waals surface area contributed by atoms with Gasteiger partial charge in [-0.1, -0.05) is 31.9 Å². The summed E-state index contributed by atoms with van der Waals surface area (Å²) in [5.41, 5.74) is -0.860. The second-order valence-corrected chi connectivity index (χ2v) is 12.3. The van der Waals surface area contributed by atoms with Gasteiger partial charge in [0.15, 0.2) is 0 Å². The van der Waals surface area contributed by atoms with Gasteiger partial charge >= 0.3 is 12.1 Å². The fourth-order valence-corrected chi connectivity index (χ4v) is 6.14. The van der Waals surface area contributed by atoms with Crippen LogP contribution in [0, 0.1) is 0 Å². The Morgan fingerprint density at radius 1 is 0.684 bits per heavy atom. The first kappa shape index (κ1) is 34.1. The van der Waals surface area contributed by atoms with E-state index in [-0.39, 0.29) is 31.1 Å². The molecule has 0 spiro atoms. The van der Waals surface area contributed by atoms with Crippen LogP contribution in [-0.4, -0.2) is 90.5 Å². The van der Waals surface area contributed by atoms with Crippen molar-refractivity contribution in [2.24, 2.45) is 0 Å². The van der Waals surface area contributed by atoms with E-state index in [1.807, 2.05) is 41.5 Å². The van der Waals surface area contributed by atoms with E-state index in [2.05, 4.69) is 0 Å². The molecule has 0 aromatic carbocycles. The highest BCUT2D eigenvalue weighted by atomic mass is 32.1. The molecule has 0 N–H and O–H groups in total. The number of carbonyl (C=O) groups is 4. The molecule has 0 aliphatic carbocycles. The summed E-state index contributed by atoms with van der Waals surface area (Å²) >= 11 is 10.9. The summed E-state index contributed by atoms with van der Waals surface area (Å²) in [5.74, 6) is 0.300. The van der Waals surface area contributed by atoms with Gasteiger partial charge in [-0.05, 0) is 73.6 Å². The van der Waals surface area contributed by atoms with Gasteiger partial charge in [0, 0.05) is 49.9 Å². The molecule has 216 valence electrons. The summed E-state index contributed by atoms with van der Waals surface area (Å²) in [5, 5.41) is 0. The van der Waals surface area contributed by atoms with Crippen LogP contribution in [-0.2, 0) is 9.59 Å². The maximum atomic E-state index is 12.6. The smallest absolute Gasteiger partial charge is 0.318 e. The van der Waals surface area contributed by atoms with Crippen LogP contribution >= 0.6 is 24.4 Å². The summed E-state index contributed by atoms with van der Waals surface area (Å²) in [6, 6.07) is -0.105. The van der Waals surface area contributed by atoms with Crippen molar-refractivity contribution in [3.63, 3.8) is 0 Å². The predicted molar refractivity (Wildman–Crippen MR) is 161 cm³/mol. The maximum Gasteiger partial charge on any atom is 0.325 e. The molecule has 2 rings (SSSR count). The van der Waals surface area contributed by atoms with Crippen molar-refractivity contribution in [2.45, 2.75) is 118 Å². The molecule has 2 saturated heterocycles. The number of nitrogens with zero attached hydrogens (tertiary/aromatic N) is 4. The Hall–Kier alpha value is -1.94. The van der Waals surface area contributed by atoms with E-state index >= 15 is 0 Å². The molecule has 2 aliphatic rings. The van der Waals surface area contributed by atoms with Gasteiger partial charge in [0.25, 0.3) is 0 Å². The SMILES string of the molecule is C.CCN1CC(=S)N(C(C)(C)CCCC(=O)CCCC(=O)CCCC(C)(C)N2C(=O)N(CC)CC2=S)C1=O. The highest BCUT2D eigenvalue weighted by Crippen LogP contribution is 2.29. The molecule has 8 nitrogen and oxygen atoms in total. The highest BCUT2D eigenvalue weighted by Gasteiger charge is 2.42. The molecule has 2 heterocycles. The molecule has 0 radical (unpaired) electrons. The molecule has 10 heteroatoms. The lowest BCUT2D eigenvalue weighted by Crippen LogP contribution is -2.48. The lowest BCUT2D eigenvalue weighted by Gasteiger charge is -2.35. The van der Waals surface area contributed by atoms with Crippen LogP contribution in [0.25, 0.3) is 0 Å². The standard InChI is InChI=1S/C27H44N4O4S2.CH4/c1-7-28-18-22(36)30(24(28)34)26(3,4)16-10-14-20(32)12-9-13-21(33)15-11-17-27(5,6)31-23(37)19-29(8-2)25(31)35;/h7-19H2,1-6H3;1H4. The summed E-state index contributed by atoms with van der Waals surface area (Å²) in [6.07, 6.45) is 4.97. The number of thiocarbonyl (C=S) groups is 2. The van der Waals surface area contributed by atoms with Crippen molar-refractivity contribution in [1.29, 1.82) is 0 Å². The number of likely N-dealkylation sites (N-methyl/N-ethyl adjacent to an activating group) is 2. The lowest BCUT2D eigenvalue weighted by atomic mass is 9.93. The second-order valence-electron chi connectivity index (χ2n) is 11.3. The first-order valence-electron chi connectivity index (χ1n) is 13.5. The average Bonchev–Trinajstić information content (AvgIpc) is 3.27. The first-order chi connectivity index (χ1) is 17.2. The van der Waals surface area contributed by atoms with E-state index < -0.39 is 11.1 Å². The van der Waals surface area contributed by atoms with Gasteiger partial charge in [0.05, 0.1) is 13.1 Å². The van der Waals surface area contributed by atoms with Crippen LogP contribution in [0.3, 0.4) is 0 Å². The van der Waals surface area contributed by atoms with Crippen molar-refractivity contribution in [3.8, 4) is 0 Å². The molecule has 0 aromatic rings. The quantitative estimate of drug-likeness (QED) is 0.213. The van der Waals surface area contributed by atoms with E-state index in [9.17, 15) is 19.2 Å². The predicted octanol–water partition coefficient (Wildman–Crippen LogP) is 6.00. The largest absolute Gasteiger partial charge is 0.325 e. The van der Waals surface area contributed by atoms with Gasteiger partial charge in [-0.15, -0.1) is 0 Å². The second kappa shape index (κ2) is 14.4. The minimum atomic E-state index is -0.430. The molecular weight excluding hydrogens is 520 g/mol. The molecule has 0 aromatic heterocycles. The van der Waals surface area contributed by atoms with Crippen LogP contribution in [0.5, 0.6) is 0 Å². The highest BCUT2D eigenvalue weighted by molar-refractivity contribution is 7.80. The minimum Gasteiger partial charge on any atom is -0.318 e. The van der Waals surface area contributed by atoms with Gasteiger partial charge in [-0.25, -0.2) is 9.59 Å². The third-order valence-corrected chi connectivity index (χ3v) is 8.07. The molecule has 0 saturated carbocycles. The van der Waals surface area contributed by atoms with Crippen molar-refractivity contribution >= 4 is 58.0 Å². The van der Waals surface area contributed by atoms with Gasteiger partial charge in [-0.2, -0.15) is 0 Å². The molecule has 2 fully saturated rings. The van der Waals surface area contributed by atoms with E-state index in [0.29, 0.717) is 93.9 Å². The molecular formula is C28H48N4O4S2. The minimum absolute atomic E-state index is 0. The summed E-state index contributed by atoms with van der Waals surface area (Å²) in [7, 11) is 0. The molecule has 38 heavy (non-hydrogen) atoms. The fourth-order valence-electron chi connectivity index (χ4n) is 5.18. The van der Waals surface area contributed by atoms with E-state index in [0.717, 1.165) is 0 Å². The molecule has 0 unspecified atom stereocenters. The molecule has 2 aliphatic heterocycles. The Morgan fingerprint density at radius 3 is 1.29 bits per heavy atom. The molecule has 0 atom stereocenters. The number of ketones is 2. The van der Waals surface area contributed by atoms with Crippen molar-refractivity contribution in [1.82, 2.24) is 19.6 Å². The van der Waals surface area contributed by atoms with E-state index in [1.165, 1.54) is 0 Å². The van der Waals surface area contributed by atoms with Crippen LogP contribution in [0.15, 0.2) is 0 Å². The topological polar surface area (TPSA) is 81.2 Å². The van der Waals surface area contributed by atoms with Crippen molar-refractivity contribution in [2.75, 3.05) is 26.2 Å². The number of carbonyl (C=O) groups excluding carboxylic acids is 4. The Bertz CT molecular complexity index is 847. The molecule has 0 bridgehead atoms. The van der Waals surface area contributed by atoms with Crippen LogP contribution < -0.4 is 0 Å². The Labute approximate surface area is 240 Å². The number of amides is 4. The van der Waals surface area contributed by atoms with Gasteiger partial charge in [0.2, 0.25) is 0 Å². The summed E-state index contributed by atoms with van der Waals surface area (Å²) < 4.78 is 0.